The third kappa shape index (κ3) is 5.65. The van der Waals surface area contributed by atoms with Gasteiger partial charge in [0, 0.05) is 41.9 Å². The first kappa shape index (κ1) is 16.9. The van der Waals surface area contributed by atoms with Crippen LogP contribution >= 0.6 is 22.6 Å². The number of halogens is 1. The molecule has 0 bridgehead atoms. The number of carbonyl (C=O) groups is 1. The summed E-state index contributed by atoms with van der Waals surface area (Å²) in [4.78, 5) is 16.7. The molecule has 5 heteroatoms. The fraction of sp³-hybridized carbons (Fsp3) is 0.562. The molecule has 1 aliphatic rings. The van der Waals surface area contributed by atoms with E-state index in [2.05, 4.69) is 32.4 Å². The molecule has 4 nitrogen and oxygen atoms in total. The monoisotopic (exact) mass is 402 g/mol. The fourth-order valence-electron chi connectivity index (χ4n) is 2.58. The highest BCUT2D eigenvalue weighted by atomic mass is 127. The van der Waals surface area contributed by atoms with Crippen molar-refractivity contribution in [3.63, 3.8) is 0 Å². The number of nitrogens with zero attached hydrogens (tertiary/aromatic N) is 2. The summed E-state index contributed by atoms with van der Waals surface area (Å²) in [5.41, 5.74) is 0.133. The zero-order valence-electron chi connectivity index (χ0n) is 12.7. The quantitative estimate of drug-likeness (QED) is 0.604. The molecule has 1 saturated heterocycles. The highest BCUT2D eigenvalue weighted by Crippen LogP contribution is 2.11. The van der Waals surface area contributed by atoms with Crippen molar-refractivity contribution < 1.29 is 9.90 Å². The molecular weight excluding hydrogens is 379 g/mol. The van der Waals surface area contributed by atoms with Crippen LogP contribution in [0.4, 0.5) is 0 Å². The van der Waals surface area contributed by atoms with Crippen LogP contribution in [0.25, 0.3) is 0 Å². The second-order valence-corrected chi connectivity index (χ2v) is 7.54. The molecule has 0 aliphatic carbocycles. The van der Waals surface area contributed by atoms with E-state index < -0.39 is 5.60 Å². The molecule has 0 aromatic heterocycles. The summed E-state index contributed by atoms with van der Waals surface area (Å²) in [5, 5.41) is 9.84. The van der Waals surface area contributed by atoms with Crippen molar-refractivity contribution in [3.8, 4) is 0 Å². The van der Waals surface area contributed by atoms with Gasteiger partial charge in [-0.15, -0.1) is 0 Å². The molecule has 1 heterocycles. The molecule has 1 aromatic rings. The Morgan fingerprint density at radius 1 is 1.14 bits per heavy atom. The Hall–Kier alpha value is -0.500. The van der Waals surface area contributed by atoms with E-state index in [0.29, 0.717) is 13.1 Å². The normalized spacial score (nSPS) is 17.9. The summed E-state index contributed by atoms with van der Waals surface area (Å²) >= 11 is 2.24. The number of β-amino-alcohol motifs (C(OH)–C–C–N with tert-alkyl or cyclic N) is 1. The van der Waals surface area contributed by atoms with Crippen LogP contribution in [0.2, 0.25) is 0 Å². The van der Waals surface area contributed by atoms with Gasteiger partial charge in [0.1, 0.15) is 0 Å². The number of benzene rings is 1. The predicted octanol–water partition coefficient (Wildman–Crippen LogP) is 1.86. The number of hydrogen-bond acceptors (Lipinski definition) is 4. The predicted molar refractivity (Wildman–Crippen MR) is 92.7 cm³/mol. The Balaban J connectivity index is 1.80. The van der Waals surface area contributed by atoms with Gasteiger partial charge in [0.2, 0.25) is 0 Å². The van der Waals surface area contributed by atoms with Crippen molar-refractivity contribution in [2.75, 3.05) is 39.3 Å². The van der Waals surface area contributed by atoms with Crippen LogP contribution in [0, 0.1) is 3.57 Å². The zero-order chi connectivity index (χ0) is 15.5. The van der Waals surface area contributed by atoms with Crippen molar-refractivity contribution in [2.24, 2.45) is 0 Å². The maximum absolute atomic E-state index is 12.2. The van der Waals surface area contributed by atoms with E-state index in [1.54, 1.807) is 0 Å². The van der Waals surface area contributed by atoms with E-state index in [1.165, 1.54) is 0 Å². The number of rotatable bonds is 5. The smallest absolute Gasteiger partial charge is 0.176 e. The second kappa shape index (κ2) is 7.17. The van der Waals surface area contributed by atoms with Crippen molar-refractivity contribution >= 4 is 28.4 Å². The summed E-state index contributed by atoms with van der Waals surface area (Å²) in [6, 6.07) is 7.73. The molecule has 21 heavy (non-hydrogen) atoms. The van der Waals surface area contributed by atoms with Crippen LogP contribution in [-0.2, 0) is 0 Å². The molecule has 1 aromatic carbocycles. The average Bonchev–Trinajstić information content (AvgIpc) is 2.40. The third-order valence-electron chi connectivity index (χ3n) is 3.61. The minimum atomic E-state index is -0.654. The van der Waals surface area contributed by atoms with Crippen molar-refractivity contribution in [1.82, 2.24) is 9.80 Å². The van der Waals surface area contributed by atoms with Gasteiger partial charge in [0.25, 0.3) is 0 Å². The van der Waals surface area contributed by atoms with E-state index in [1.807, 2.05) is 38.1 Å². The lowest BCUT2D eigenvalue weighted by atomic mass is 10.1. The SMILES string of the molecule is CC(C)(O)CN1CCN(CC(=O)c2ccc(I)cc2)CC1. The first-order chi connectivity index (χ1) is 9.83. The lowest BCUT2D eigenvalue weighted by Crippen LogP contribution is -2.51. The Labute approximate surface area is 140 Å². The average molecular weight is 402 g/mol. The van der Waals surface area contributed by atoms with Crippen molar-refractivity contribution in [2.45, 2.75) is 19.4 Å². The Bertz CT molecular complexity index is 474. The largest absolute Gasteiger partial charge is 0.389 e. The number of Topliss-reactive ketones (excluding diaryl/α,β-unsaturated/α-hetero) is 1. The maximum Gasteiger partial charge on any atom is 0.176 e. The fourth-order valence-corrected chi connectivity index (χ4v) is 2.94. The van der Waals surface area contributed by atoms with Gasteiger partial charge in [-0.2, -0.15) is 0 Å². The Kier molecular flexibility index (Phi) is 5.76. The molecule has 116 valence electrons. The van der Waals surface area contributed by atoms with Gasteiger partial charge in [-0.25, -0.2) is 0 Å². The van der Waals surface area contributed by atoms with E-state index in [4.69, 9.17) is 0 Å². The van der Waals surface area contributed by atoms with Crippen LogP contribution in [0.1, 0.15) is 24.2 Å². The molecule has 1 aliphatic heterocycles. The van der Waals surface area contributed by atoms with E-state index in [9.17, 15) is 9.90 Å². The first-order valence-corrected chi connectivity index (χ1v) is 8.37. The lowest BCUT2D eigenvalue weighted by Gasteiger charge is -2.37. The summed E-state index contributed by atoms with van der Waals surface area (Å²) in [6.45, 7) is 8.41. The molecule has 1 fully saturated rings. The number of ketones is 1. The van der Waals surface area contributed by atoms with Gasteiger partial charge < -0.3 is 5.11 Å². The zero-order valence-corrected chi connectivity index (χ0v) is 14.8. The maximum atomic E-state index is 12.2. The topological polar surface area (TPSA) is 43.8 Å². The van der Waals surface area contributed by atoms with Gasteiger partial charge in [-0.3, -0.25) is 14.6 Å². The highest BCUT2D eigenvalue weighted by Gasteiger charge is 2.23. The van der Waals surface area contributed by atoms with Crippen LogP contribution in [0.15, 0.2) is 24.3 Å². The van der Waals surface area contributed by atoms with Gasteiger partial charge in [-0.05, 0) is 48.6 Å². The van der Waals surface area contributed by atoms with Crippen LogP contribution in [-0.4, -0.2) is 65.6 Å². The van der Waals surface area contributed by atoms with Gasteiger partial charge in [0.15, 0.2) is 5.78 Å². The summed E-state index contributed by atoms with van der Waals surface area (Å²) < 4.78 is 1.14. The Morgan fingerprint density at radius 2 is 1.67 bits per heavy atom. The minimum Gasteiger partial charge on any atom is -0.389 e. The summed E-state index contributed by atoms with van der Waals surface area (Å²) in [7, 11) is 0. The van der Waals surface area contributed by atoms with Crippen molar-refractivity contribution in [3.05, 3.63) is 33.4 Å². The molecule has 2 rings (SSSR count). The molecule has 1 N–H and O–H groups in total. The lowest BCUT2D eigenvalue weighted by molar-refractivity contribution is 0.0179. The van der Waals surface area contributed by atoms with E-state index in [0.717, 1.165) is 35.3 Å². The number of hydrogen-bond donors (Lipinski definition) is 1. The molecule has 0 amide bonds. The number of carbonyl (C=O) groups excluding carboxylic acids is 1. The van der Waals surface area contributed by atoms with Crippen LogP contribution in [0.3, 0.4) is 0 Å². The summed E-state index contributed by atoms with van der Waals surface area (Å²) in [6.07, 6.45) is 0. The number of piperazine rings is 1. The number of aliphatic hydroxyl groups is 1. The van der Waals surface area contributed by atoms with Gasteiger partial charge in [0.05, 0.1) is 12.1 Å². The molecule has 0 radical (unpaired) electrons. The minimum absolute atomic E-state index is 0.183. The standard InChI is InChI=1S/C16H23IN2O2/c1-16(2,21)12-19-9-7-18(8-10-19)11-15(20)13-3-5-14(17)6-4-13/h3-6,21H,7-12H2,1-2H3. The van der Waals surface area contributed by atoms with E-state index >= 15 is 0 Å². The molecule has 0 unspecified atom stereocenters. The Morgan fingerprint density at radius 3 is 2.19 bits per heavy atom. The molecule has 0 atom stereocenters. The molecule has 0 saturated carbocycles. The van der Waals surface area contributed by atoms with Gasteiger partial charge >= 0.3 is 0 Å². The second-order valence-electron chi connectivity index (χ2n) is 6.29. The van der Waals surface area contributed by atoms with Crippen LogP contribution in [0.5, 0.6) is 0 Å². The van der Waals surface area contributed by atoms with Crippen molar-refractivity contribution in [1.29, 1.82) is 0 Å². The molecular formula is C16H23IN2O2. The molecule has 0 spiro atoms. The van der Waals surface area contributed by atoms with Gasteiger partial charge in [-0.1, -0.05) is 12.1 Å². The summed E-state index contributed by atoms with van der Waals surface area (Å²) in [5.74, 6) is 0.183. The van der Waals surface area contributed by atoms with E-state index in [-0.39, 0.29) is 5.78 Å². The highest BCUT2D eigenvalue weighted by molar-refractivity contribution is 14.1. The first-order valence-electron chi connectivity index (χ1n) is 7.29. The third-order valence-corrected chi connectivity index (χ3v) is 4.33. The van der Waals surface area contributed by atoms with Crippen LogP contribution < -0.4 is 0 Å².